The summed E-state index contributed by atoms with van der Waals surface area (Å²) in [5.74, 6) is 0. The van der Waals surface area contributed by atoms with E-state index in [4.69, 9.17) is 11.6 Å². The van der Waals surface area contributed by atoms with Gasteiger partial charge in [0.2, 0.25) is 0 Å². The van der Waals surface area contributed by atoms with E-state index in [2.05, 4.69) is 0 Å². The van der Waals surface area contributed by atoms with Crippen molar-refractivity contribution in [3.8, 4) is 0 Å². The van der Waals surface area contributed by atoms with Gasteiger partial charge in [-0.15, -0.1) is 0 Å². The van der Waals surface area contributed by atoms with Crippen LogP contribution in [0.4, 0.5) is 0 Å². The Morgan fingerprint density at radius 3 is 2.57 bits per heavy atom. The normalized spacial score (nSPS) is 10.6. The van der Waals surface area contributed by atoms with Gasteiger partial charge in [0.15, 0.2) is 0 Å². The lowest BCUT2D eigenvalue weighted by molar-refractivity contribution is 0.112. The lowest BCUT2D eigenvalue weighted by Crippen LogP contribution is -2.25. The van der Waals surface area contributed by atoms with Gasteiger partial charge < -0.3 is 4.57 Å². The summed E-state index contributed by atoms with van der Waals surface area (Å²) in [6, 6.07) is 9.21. The van der Waals surface area contributed by atoms with Crippen molar-refractivity contribution in [3.05, 3.63) is 66.1 Å². The maximum absolute atomic E-state index is 12.1. The molecule has 110 valence electrons. The van der Waals surface area contributed by atoms with Crippen LogP contribution < -0.4 is 5.56 Å². The van der Waals surface area contributed by atoms with Gasteiger partial charge in [0, 0.05) is 17.8 Å². The van der Waals surface area contributed by atoms with E-state index in [9.17, 15) is 9.59 Å². The van der Waals surface area contributed by atoms with E-state index in [-0.39, 0.29) is 5.56 Å². The highest BCUT2D eigenvalue weighted by atomic mass is 127. The van der Waals surface area contributed by atoms with Gasteiger partial charge in [-0.2, -0.15) is 0 Å². The highest BCUT2D eigenvalue weighted by molar-refractivity contribution is 14.1. The van der Waals surface area contributed by atoms with E-state index in [0.717, 1.165) is 30.4 Å². The Hall–Kier alpha value is -1.14. The van der Waals surface area contributed by atoms with Crippen LogP contribution in [0.1, 0.15) is 28.0 Å². The SMILES string of the molecule is Cc1c(Cl)cc(I)c(=O)n1CCCc1ccc(C=O)cc1. The van der Waals surface area contributed by atoms with Crippen molar-refractivity contribution in [1.82, 2.24) is 4.57 Å². The average Bonchev–Trinajstić information content (AvgIpc) is 2.49. The summed E-state index contributed by atoms with van der Waals surface area (Å²) in [4.78, 5) is 22.7. The van der Waals surface area contributed by atoms with E-state index in [0.29, 0.717) is 20.7 Å². The predicted molar refractivity (Wildman–Crippen MR) is 93.3 cm³/mol. The molecule has 0 N–H and O–H groups in total. The summed E-state index contributed by atoms with van der Waals surface area (Å²) in [7, 11) is 0. The highest BCUT2D eigenvalue weighted by Crippen LogP contribution is 2.16. The molecule has 5 heteroatoms. The third-order valence-corrected chi connectivity index (χ3v) is 4.57. The van der Waals surface area contributed by atoms with Crippen molar-refractivity contribution in [2.75, 3.05) is 0 Å². The van der Waals surface area contributed by atoms with Crippen molar-refractivity contribution in [1.29, 1.82) is 0 Å². The molecule has 0 aliphatic carbocycles. The zero-order valence-corrected chi connectivity index (χ0v) is 14.5. The van der Waals surface area contributed by atoms with Crippen LogP contribution in [0.25, 0.3) is 0 Å². The molecule has 0 fully saturated rings. The molecule has 0 aliphatic rings. The van der Waals surface area contributed by atoms with Gasteiger partial charge in [0.25, 0.3) is 5.56 Å². The topological polar surface area (TPSA) is 39.1 Å². The highest BCUT2D eigenvalue weighted by Gasteiger charge is 2.08. The molecule has 2 aromatic rings. The van der Waals surface area contributed by atoms with E-state index in [1.165, 1.54) is 0 Å². The number of aldehydes is 1. The fraction of sp³-hybridized carbons (Fsp3) is 0.250. The van der Waals surface area contributed by atoms with Crippen molar-refractivity contribution < 1.29 is 4.79 Å². The summed E-state index contributed by atoms with van der Waals surface area (Å²) in [5.41, 5.74) is 2.64. The number of hydrogen-bond donors (Lipinski definition) is 0. The van der Waals surface area contributed by atoms with Crippen LogP contribution in [0, 0.1) is 10.5 Å². The number of pyridine rings is 1. The molecule has 0 spiro atoms. The molecule has 3 nitrogen and oxygen atoms in total. The first kappa shape index (κ1) is 16.2. The maximum atomic E-state index is 12.1. The molecular formula is C16H15ClINO2. The molecule has 2 rings (SSSR count). The average molecular weight is 416 g/mol. The van der Waals surface area contributed by atoms with Crippen molar-refractivity contribution in [2.24, 2.45) is 0 Å². The van der Waals surface area contributed by atoms with Crippen LogP contribution in [0.3, 0.4) is 0 Å². The van der Waals surface area contributed by atoms with Crippen molar-refractivity contribution >= 4 is 40.5 Å². The maximum Gasteiger partial charge on any atom is 0.264 e. The quantitative estimate of drug-likeness (QED) is 0.549. The molecule has 0 amide bonds. The van der Waals surface area contributed by atoms with E-state index in [1.807, 2.05) is 53.8 Å². The van der Waals surface area contributed by atoms with Crippen LogP contribution in [0.5, 0.6) is 0 Å². The van der Waals surface area contributed by atoms with Gasteiger partial charge in [-0.05, 0) is 54.0 Å². The third kappa shape index (κ3) is 3.95. The monoisotopic (exact) mass is 415 g/mol. The van der Waals surface area contributed by atoms with Crippen LogP contribution in [-0.4, -0.2) is 10.9 Å². The molecule has 0 bridgehead atoms. The second-order valence-corrected chi connectivity index (χ2v) is 6.41. The number of carbonyl (C=O) groups excluding carboxylic acids is 1. The predicted octanol–water partition coefficient (Wildman–Crippen LogP) is 3.86. The zero-order chi connectivity index (χ0) is 15.4. The summed E-state index contributed by atoms with van der Waals surface area (Å²) in [6.45, 7) is 2.50. The lowest BCUT2D eigenvalue weighted by Gasteiger charge is -2.12. The number of aryl methyl sites for hydroxylation is 1. The molecule has 21 heavy (non-hydrogen) atoms. The fourth-order valence-corrected chi connectivity index (χ4v) is 3.16. The molecule has 1 aromatic carbocycles. The Balaban J connectivity index is 2.06. The number of aromatic nitrogens is 1. The largest absolute Gasteiger partial charge is 0.311 e. The van der Waals surface area contributed by atoms with E-state index < -0.39 is 0 Å². The molecule has 1 heterocycles. The minimum absolute atomic E-state index is 0.00815. The Bertz CT molecular complexity index is 707. The van der Waals surface area contributed by atoms with Gasteiger partial charge in [-0.3, -0.25) is 9.59 Å². The molecule has 0 aliphatic heterocycles. The van der Waals surface area contributed by atoms with Gasteiger partial charge in [0.1, 0.15) is 6.29 Å². The Morgan fingerprint density at radius 1 is 1.29 bits per heavy atom. The standard InChI is InChI=1S/C16H15ClINO2/c1-11-14(17)9-15(18)16(21)19(11)8-2-3-12-4-6-13(10-20)7-5-12/h4-7,9-10H,2-3,8H2,1H3. The van der Waals surface area contributed by atoms with Gasteiger partial charge in [-0.1, -0.05) is 35.9 Å². The summed E-state index contributed by atoms with van der Waals surface area (Å²) >= 11 is 8.14. The van der Waals surface area contributed by atoms with Crippen LogP contribution >= 0.6 is 34.2 Å². The molecule has 0 radical (unpaired) electrons. The van der Waals surface area contributed by atoms with Crippen molar-refractivity contribution in [2.45, 2.75) is 26.3 Å². The smallest absolute Gasteiger partial charge is 0.264 e. The first-order chi connectivity index (χ1) is 10.0. The number of nitrogens with zero attached hydrogens (tertiary/aromatic N) is 1. The lowest BCUT2D eigenvalue weighted by atomic mass is 10.1. The molecular weight excluding hydrogens is 401 g/mol. The van der Waals surface area contributed by atoms with Crippen LogP contribution in [0.2, 0.25) is 5.02 Å². The second-order valence-electron chi connectivity index (χ2n) is 4.85. The van der Waals surface area contributed by atoms with Gasteiger partial charge in [-0.25, -0.2) is 0 Å². The van der Waals surface area contributed by atoms with Gasteiger partial charge in [0.05, 0.1) is 8.59 Å². The molecule has 1 aromatic heterocycles. The van der Waals surface area contributed by atoms with Gasteiger partial charge >= 0.3 is 0 Å². The van der Waals surface area contributed by atoms with Crippen molar-refractivity contribution in [3.63, 3.8) is 0 Å². The second kappa shape index (κ2) is 7.22. The van der Waals surface area contributed by atoms with Crippen LogP contribution in [-0.2, 0) is 13.0 Å². The minimum atomic E-state index is 0.00815. The zero-order valence-electron chi connectivity index (χ0n) is 11.6. The Kier molecular flexibility index (Phi) is 5.58. The molecule has 0 saturated carbocycles. The first-order valence-corrected chi connectivity index (χ1v) is 8.08. The Labute approximate surface area is 142 Å². The number of halogens is 2. The summed E-state index contributed by atoms with van der Waals surface area (Å²) < 4.78 is 2.36. The molecule has 0 atom stereocenters. The molecule has 0 saturated heterocycles. The van der Waals surface area contributed by atoms with E-state index in [1.54, 1.807) is 10.6 Å². The summed E-state index contributed by atoms with van der Waals surface area (Å²) in [5, 5.41) is 0.620. The first-order valence-electron chi connectivity index (χ1n) is 6.62. The Morgan fingerprint density at radius 2 is 1.95 bits per heavy atom. The van der Waals surface area contributed by atoms with E-state index >= 15 is 0 Å². The number of benzene rings is 1. The fourth-order valence-electron chi connectivity index (χ4n) is 2.16. The number of hydrogen-bond acceptors (Lipinski definition) is 2. The number of rotatable bonds is 5. The number of carbonyl (C=O) groups is 1. The van der Waals surface area contributed by atoms with Crippen LogP contribution in [0.15, 0.2) is 35.1 Å². The third-order valence-electron chi connectivity index (χ3n) is 3.42. The molecule has 0 unspecified atom stereocenters. The minimum Gasteiger partial charge on any atom is -0.311 e. The summed E-state index contributed by atoms with van der Waals surface area (Å²) in [6.07, 6.45) is 2.53.